The first kappa shape index (κ1) is 35.0. The lowest BCUT2D eigenvalue weighted by atomic mass is 10.0. The highest BCUT2D eigenvalue weighted by atomic mass is 35.5. The van der Waals surface area contributed by atoms with Crippen LogP contribution in [0.25, 0.3) is 0 Å². The van der Waals surface area contributed by atoms with Gasteiger partial charge in [0.15, 0.2) is 0 Å². The molecule has 0 aliphatic rings. The highest BCUT2D eigenvalue weighted by Gasteiger charge is 2.36. The Balaban J connectivity index is 1.85. The number of nitrogens with one attached hydrogen (secondary N) is 1. The Morgan fingerprint density at radius 2 is 1.43 bits per heavy atom. The number of nitrogens with zero attached hydrogens (tertiary/aromatic N) is 2. The lowest BCUT2D eigenvalue weighted by Gasteiger charge is -2.35. The highest BCUT2D eigenvalue weighted by molar-refractivity contribution is 7.92. The molecular weight excluding hydrogens is 641 g/mol. The molecule has 0 spiro atoms. The normalized spacial score (nSPS) is 12.7. The average molecular weight is 681 g/mol. The molecule has 0 bridgehead atoms. The van der Waals surface area contributed by atoms with Crippen LogP contribution < -0.4 is 9.62 Å². The van der Waals surface area contributed by atoms with Crippen LogP contribution in [0.1, 0.15) is 42.5 Å². The van der Waals surface area contributed by atoms with E-state index in [1.54, 1.807) is 61.5 Å². The predicted octanol–water partition coefficient (Wildman–Crippen LogP) is 7.36. The van der Waals surface area contributed by atoms with Gasteiger partial charge in [0.05, 0.1) is 10.6 Å². The lowest BCUT2D eigenvalue weighted by Crippen LogP contribution is -2.54. The maximum Gasteiger partial charge on any atom is 0.264 e. The van der Waals surface area contributed by atoms with E-state index in [1.165, 1.54) is 17.0 Å². The van der Waals surface area contributed by atoms with Crippen molar-refractivity contribution in [2.75, 3.05) is 10.8 Å². The summed E-state index contributed by atoms with van der Waals surface area (Å²) in [7, 11) is -4.21. The monoisotopic (exact) mass is 679 g/mol. The second-order valence-electron chi connectivity index (χ2n) is 11.4. The summed E-state index contributed by atoms with van der Waals surface area (Å²) in [6.07, 6.45) is 0.871. The quantitative estimate of drug-likeness (QED) is 0.160. The smallest absolute Gasteiger partial charge is 0.264 e. The van der Waals surface area contributed by atoms with Crippen LogP contribution in [0, 0.1) is 13.8 Å². The fourth-order valence-electron chi connectivity index (χ4n) is 5.04. The minimum atomic E-state index is -4.21. The number of anilines is 1. The molecule has 242 valence electrons. The molecule has 10 heteroatoms. The molecule has 0 heterocycles. The number of carbonyl (C=O) groups is 2. The summed E-state index contributed by atoms with van der Waals surface area (Å²) >= 11 is 13.2. The summed E-state index contributed by atoms with van der Waals surface area (Å²) in [5.74, 6) is -0.950. The Morgan fingerprint density at radius 1 is 0.826 bits per heavy atom. The molecule has 4 rings (SSSR count). The van der Waals surface area contributed by atoms with Crippen molar-refractivity contribution in [3.63, 3.8) is 0 Å². The van der Waals surface area contributed by atoms with Gasteiger partial charge in [0, 0.05) is 34.6 Å². The van der Waals surface area contributed by atoms with Gasteiger partial charge in [-0.3, -0.25) is 13.9 Å². The molecule has 2 amide bonds. The van der Waals surface area contributed by atoms with Crippen LogP contribution in [0.3, 0.4) is 0 Å². The Kier molecular flexibility index (Phi) is 11.9. The average Bonchev–Trinajstić information content (AvgIpc) is 3.03. The number of amides is 2. The van der Waals surface area contributed by atoms with E-state index >= 15 is 0 Å². The summed E-state index contributed by atoms with van der Waals surface area (Å²) in [5.41, 5.74) is 3.21. The van der Waals surface area contributed by atoms with Crippen molar-refractivity contribution in [3.05, 3.63) is 129 Å². The zero-order chi connectivity index (χ0) is 33.4. The number of halogens is 2. The molecule has 0 radical (unpaired) electrons. The van der Waals surface area contributed by atoms with E-state index in [0.717, 1.165) is 15.4 Å². The van der Waals surface area contributed by atoms with Crippen molar-refractivity contribution < 1.29 is 18.0 Å². The van der Waals surface area contributed by atoms with E-state index in [-0.39, 0.29) is 29.8 Å². The highest BCUT2D eigenvalue weighted by Crippen LogP contribution is 2.30. The fraction of sp³-hybridized carbons (Fsp3) is 0.278. The van der Waals surface area contributed by atoms with Gasteiger partial charge in [-0.25, -0.2) is 8.42 Å². The molecule has 4 aromatic rings. The number of hydrogen-bond donors (Lipinski definition) is 1. The van der Waals surface area contributed by atoms with Crippen LogP contribution in [-0.2, 0) is 32.6 Å². The van der Waals surface area contributed by atoms with Crippen LogP contribution >= 0.6 is 23.2 Å². The van der Waals surface area contributed by atoms with Gasteiger partial charge in [0.1, 0.15) is 12.6 Å². The van der Waals surface area contributed by atoms with Gasteiger partial charge in [-0.15, -0.1) is 0 Å². The first-order chi connectivity index (χ1) is 21.9. The van der Waals surface area contributed by atoms with Gasteiger partial charge in [-0.05, 0) is 68.7 Å². The van der Waals surface area contributed by atoms with Crippen molar-refractivity contribution in [3.8, 4) is 0 Å². The third-order valence-electron chi connectivity index (χ3n) is 7.93. The molecule has 4 aromatic carbocycles. The molecule has 1 N–H and O–H groups in total. The molecular formula is C36H39Cl2N3O4S. The molecule has 0 fully saturated rings. The SMILES string of the molecule is CC[C@@H](C)NC(=O)[C@H](Cc1ccccc1)N(Cc1c(Cl)cccc1Cl)C(=O)CN(c1ccccc1C)S(=O)(=O)c1ccc(C)cc1. The fourth-order valence-corrected chi connectivity index (χ4v) is 7.04. The minimum absolute atomic E-state index is 0.0465. The number of hydrogen-bond acceptors (Lipinski definition) is 4. The lowest BCUT2D eigenvalue weighted by molar-refractivity contribution is -0.140. The van der Waals surface area contributed by atoms with Gasteiger partial charge in [0.2, 0.25) is 11.8 Å². The van der Waals surface area contributed by atoms with Gasteiger partial charge < -0.3 is 10.2 Å². The second kappa shape index (κ2) is 15.6. The van der Waals surface area contributed by atoms with E-state index in [2.05, 4.69) is 5.32 Å². The van der Waals surface area contributed by atoms with Crippen LogP contribution in [0.15, 0.2) is 102 Å². The Labute approximate surface area is 282 Å². The molecule has 0 unspecified atom stereocenters. The number of aryl methyl sites for hydroxylation is 2. The van der Waals surface area contributed by atoms with Gasteiger partial charge in [0.25, 0.3) is 10.0 Å². The number of benzene rings is 4. The van der Waals surface area contributed by atoms with Crippen LogP contribution in [0.4, 0.5) is 5.69 Å². The predicted molar refractivity (Wildman–Crippen MR) is 186 cm³/mol. The first-order valence-electron chi connectivity index (χ1n) is 15.1. The summed E-state index contributed by atoms with van der Waals surface area (Å²) in [6.45, 7) is 6.83. The molecule has 0 saturated carbocycles. The molecule has 0 aliphatic carbocycles. The van der Waals surface area contributed by atoms with Crippen LogP contribution in [0.5, 0.6) is 0 Å². The summed E-state index contributed by atoms with van der Waals surface area (Å²) in [4.78, 5) is 30.1. The van der Waals surface area contributed by atoms with Crippen molar-refractivity contribution in [2.45, 2.75) is 64.1 Å². The number of para-hydroxylation sites is 1. The molecule has 46 heavy (non-hydrogen) atoms. The van der Waals surface area contributed by atoms with E-state index in [1.807, 2.05) is 51.1 Å². The summed E-state index contributed by atoms with van der Waals surface area (Å²) in [6, 6.07) is 26.7. The molecule has 7 nitrogen and oxygen atoms in total. The van der Waals surface area contributed by atoms with E-state index < -0.39 is 28.5 Å². The zero-order valence-electron chi connectivity index (χ0n) is 26.4. The zero-order valence-corrected chi connectivity index (χ0v) is 28.7. The summed E-state index contributed by atoms with van der Waals surface area (Å²) in [5, 5.41) is 3.68. The minimum Gasteiger partial charge on any atom is -0.352 e. The summed E-state index contributed by atoms with van der Waals surface area (Å²) < 4.78 is 29.6. The maximum absolute atomic E-state index is 14.6. The Bertz CT molecular complexity index is 1750. The standard InChI is InChI=1S/C36H39Cl2N3O4S/c1-5-27(4)39-36(43)34(22-28-13-7-6-8-14-28)40(23-30-31(37)15-11-16-32(30)38)35(42)24-41(33-17-10-9-12-26(33)3)46(44,45)29-20-18-25(2)19-21-29/h6-21,27,34H,5,22-24H2,1-4H3,(H,39,43)/t27-,34+/m1/s1. The number of carbonyl (C=O) groups excluding carboxylic acids is 2. The molecule has 2 atom stereocenters. The Morgan fingerprint density at radius 3 is 2.04 bits per heavy atom. The molecule has 0 saturated heterocycles. The van der Waals surface area contributed by atoms with E-state index in [9.17, 15) is 18.0 Å². The molecule has 0 aliphatic heterocycles. The van der Waals surface area contributed by atoms with Crippen molar-refractivity contribution >= 4 is 50.7 Å². The van der Waals surface area contributed by atoms with Gasteiger partial charge in [-0.1, -0.05) is 102 Å². The van der Waals surface area contributed by atoms with E-state index in [4.69, 9.17) is 23.2 Å². The Hall–Kier alpha value is -3.85. The van der Waals surface area contributed by atoms with Crippen molar-refractivity contribution in [1.29, 1.82) is 0 Å². The topological polar surface area (TPSA) is 86.8 Å². The third kappa shape index (κ3) is 8.49. The van der Waals surface area contributed by atoms with Crippen molar-refractivity contribution in [2.24, 2.45) is 0 Å². The van der Waals surface area contributed by atoms with Crippen LogP contribution in [-0.4, -0.2) is 43.8 Å². The van der Waals surface area contributed by atoms with Gasteiger partial charge >= 0.3 is 0 Å². The third-order valence-corrected chi connectivity index (χ3v) is 10.4. The second-order valence-corrected chi connectivity index (χ2v) is 14.0. The van der Waals surface area contributed by atoms with Crippen molar-refractivity contribution in [1.82, 2.24) is 10.2 Å². The largest absolute Gasteiger partial charge is 0.352 e. The maximum atomic E-state index is 14.6. The first-order valence-corrected chi connectivity index (χ1v) is 17.3. The number of sulfonamides is 1. The number of rotatable bonds is 13. The van der Waals surface area contributed by atoms with Gasteiger partial charge in [-0.2, -0.15) is 0 Å². The van der Waals surface area contributed by atoms with Crippen LogP contribution in [0.2, 0.25) is 10.0 Å². The van der Waals surface area contributed by atoms with E-state index in [0.29, 0.717) is 33.3 Å². The molecule has 0 aromatic heterocycles.